The van der Waals surface area contributed by atoms with Gasteiger partial charge in [0, 0.05) is 23.3 Å². The van der Waals surface area contributed by atoms with Crippen LogP contribution in [-0.2, 0) is 12.2 Å². The maximum absolute atomic E-state index is 11.9. The number of fused-ring (bicyclic) bond motifs is 1. The highest BCUT2D eigenvalue weighted by molar-refractivity contribution is 7.98. The quantitative estimate of drug-likeness (QED) is 0.526. The molecule has 4 rings (SSSR count). The number of benzene rings is 1. The summed E-state index contributed by atoms with van der Waals surface area (Å²) in [6.45, 7) is 1.98. The summed E-state index contributed by atoms with van der Waals surface area (Å²) in [7, 11) is 0. The SMILES string of the molecule is CCc1cc2c(CSc3nnnn3C3CCCCC3)cc(=O)oc2cc1O. The lowest BCUT2D eigenvalue weighted by Gasteiger charge is -2.22. The van der Waals surface area contributed by atoms with E-state index in [0.717, 1.165) is 34.5 Å². The van der Waals surface area contributed by atoms with Crippen molar-refractivity contribution in [3.8, 4) is 5.75 Å². The van der Waals surface area contributed by atoms with E-state index in [-0.39, 0.29) is 5.75 Å². The Kier molecular flexibility index (Phi) is 5.15. The molecular weight excluding hydrogens is 364 g/mol. The van der Waals surface area contributed by atoms with Gasteiger partial charge in [-0.05, 0) is 46.9 Å². The van der Waals surface area contributed by atoms with Gasteiger partial charge in [-0.25, -0.2) is 9.48 Å². The van der Waals surface area contributed by atoms with Crippen LogP contribution in [0.2, 0.25) is 0 Å². The first-order valence-corrected chi connectivity index (χ1v) is 10.3. The van der Waals surface area contributed by atoms with Gasteiger partial charge >= 0.3 is 5.63 Å². The van der Waals surface area contributed by atoms with Crippen LogP contribution in [0.3, 0.4) is 0 Å². The fourth-order valence-electron chi connectivity index (χ4n) is 3.69. The second-order valence-electron chi connectivity index (χ2n) is 6.91. The van der Waals surface area contributed by atoms with Crippen molar-refractivity contribution in [2.24, 2.45) is 0 Å². The fourth-order valence-corrected chi connectivity index (χ4v) is 4.62. The number of hydrogen-bond acceptors (Lipinski definition) is 7. The number of phenolic OH excluding ortho intramolecular Hbond substituents is 1. The molecule has 8 heteroatoms. The summed E-state index contributed by atoms with van der Waals surface area (Å²) in [6.07, 6.45) is 6.61. The van der Waals surface area contributed by atoms with Crippen molar-refractivity contribution in [2.45, 2.75) is 62.4 Å². The number of phenols is 1. The number of tetrazole rings is 1. The molecule has 1 saturated carbocycles. The van der Waals surface area contributed by atoms with Crippen LogP contribution in [0.5, 0.6) is 5.75 Å². The molecule has 7 nitrogen and oxygen atoms in total. The highest BCUT2D eigenvalue weighted by Gasteiger charge is 2.20. The minimum absolute atomic E-state index is 0.152. The molecular formula is C19H22N4O3S. The molecule has 0 aliphatic heterocycles. The average Bonchev–Trinajstić information content (AvgIpc) is 3.14. The Morgan fingerprint density at radius 1 is 1.22 bits per heavy atom. The van der Waals surface area contributed by atoms with Crippen LogP contribution in [0.1, 0.15) is 56.2 Å². The summed E-state index contributed by atoms with van der Waals surface area (Å²) in [5.74, 6) is 0.711. The molecule has 27 heavy (non-hydrogen) atoms. The number of nitrogens with zero attached hydrogens (tertiary/aromatic N) is 4. The lowest BCUT2D eigenvalue weighted by Crippen LogP contribution is -2.15. The molecule has 1 N–H and O–H groups in total. The van der Waals surface area contributed by atoms with Crippen LogP contribution in [0.4, 0.5) is 0 Å². The van der Waals surface area contributed by atoms with E-state index in [1.54, 1.807) is 0 Å². The van der Waals surface area contributed by atoms with Gasteiger partial charge in [0.2, 0.25) is 5.16 Å². The Hall–Kier alpha value is -2.35. The molecule has 0 atom stereocenters. The third-order valence-electron chi connectivity index (χ3n) is 5.15. The van der Waals surface area contributed by atoms with Gasteiger partial charge in [-0.2, -0.15) is 0 Å². The molecule has 0 amide bonds. The molecule has 0 saturated heterocycles. The van der Waals surface area contributed by atoms with Gasteiger partial charge in [0.1, 0.15) is 11.3 Å². The summed E-state index contributed by atoms with van der Waals surface area (Å²) in [5.41, 5.74) is 1.67. The third-order valence-corrected chi connectivity index (χ3v) is 6.13. The molecule has 142 valence electrons. The fraction of sp³-hybridized carbons (Fsp3) is 0.474. The first-order chi connectivity index (χ1) is 13.2. The smallest absolute Gasteiger partial charge is 0.336 e. The van der Waals surface area contributed by atoms with Crippen LogP contribution in [0.25, 0.3) is 11.0 Å². The van der Waals surface area contributed by atoms with Crippen molar-refractivity contribution in [1.29, 1.82) is 0 Å². The predicted molar refractivity (Wildman–Crippen MR) is 103 cm³/mol. The Morgan fingerprint density at radius 2 is 2.04 bits per heavy atom. The van der Waals surface area contributed by atoms with Crippen LogP contribution in [0.15, 0.2) is 32.6 Å². The van der Waals surface area contributed by atoms with Crippen molar-refractivity contribution >= 4 is 22.7 Å². The number of hydrogen-bond donors (Lipinski definition) is 1. The zero-order chi connectivity index (χ0) is 18.8. The monoisotopic (exact) mass is 386 g/mol. The molecule has 1 aromatic carbocycles. The molecule has 2 heterocycles. The highest BCUT2D eigenvalue weighted by atomic mass is 32.2. The molecule has 1 fully saturated rings. The Morgan fingerprint density at radius 3 is 2.81 bits per heavy atom. The zero-order valence-electron chi connectivity index (χ0n) is 15.2. The van der Waals surface area contributed by atoms with E-state index in [0.29, 0.717) is 23.8 Å². The Bertz CT molecular complexity index is 1010. The van der Waals surface area contributed by atoms with Crippen molar-refractivity contribution in [3.63, 3.8) is 0 Å². The first kappa shape index (κ1) is 18.0. The standard InChI is InChI=1S/C19H22N4O3S/c1-2-12-8-15-13(9-18(25)26-17(15)10-16(12)24)11-27-19-20-21-22-23(19)14-6-4-3-5-7-14/h8-10,14,24H,2-7,11H2,1H3. The summed E-state index contributed by atoms with van der Waals surface area (Å²) < 4.78 is 7.20. The largest absolute Gasteiger partial charge is 0.508 e. The Balaban J connectivity index is 1.63. The number of aromatic hydroxyl groups is 1. The van der Waals surface area contributed by atoms with Crippen molar-refractivity contribution in [2.75, 3.05) is 0 Å². The van der Waals surface area contributed by atoms with Crippen LogP contribution >= 0.6 is 11.8 Å². The van der Waals surface area contributed by atoms with E-state index >= 15 is 0 Å². The van der Waals surface area contributed by atoms with Gasteiger partial charge in [0.25, 0.3) is 0 Å². The van der Waals surface area contributed by atoms with E-state index in [9.17, 15) is 9.90 Å². The number of rotatable bonds is 5. The molecule has 1 aliphatic rings. The van der Waals surface area contributed by atoms with E-state index in [1.165, 1.54) is 43.2 Å². The van der Waals surface area contributed by atoms with Crippen molar-refractivity contribution < 1.29 is 9.52 Å². The molecule has 2 aromatic heterocycles. The van der Waals surface area contributed by atoms with Gasteiger partial charge in [-0.15, -0.1) is 5.10 Å². The normalized spacial score (nSPS) is 15.4. The van der Waals surface area contributed by atoms with Gasteiger partial charge in [-0.1, -0.05) is 37.9 Å². The molecule has 0 radical (unpaired) electrons. The highest BCUT2D eigenvalue weighted by Crippen LogP contribution is 2.33. The van der Waals surface area contributed by atoms with E-state index in [4.69, 9.17) is 4.42 Å². The topological polar surface area (TPSA) is 94.0 Å². The number of aryl methyl sites for hydroxylation is 1. The van der Waals surface area contributed by atoms with Crippen molar-refractivity contribution in [1.82, 2.24) is 20.2 Å². The van der Waals surface area contributed by atoms with Gasteiger partial charge in [0.15, 0.2) is 0 Å². The van der Waals surface area contributed by atoms with Crippen molar-refractivity contribution in [3.05, 3.63) is 39.7 Å². The molecule has 1 aliphatic carbocycles. The lowest BCUT2D eigenvalue weighted by atomic mass is 9.96. The summed E-state index contributed by atoms with van der Waals surface area (Å²) in [5, 5.41) is 23.9. The Labute approximate surface area is 160 Å². The molecule has 0 unspecified atom stereocenters. The lowest BCUT2D eigenvalue weighted by molar-refractivity contribution is 0.307. The van der Waals surface area contributed by atoms with Crippen LogP contribution in [0, 0.1) is 0 Å². The maximum atomic E-state index is 11.9. The van der Waals surface area contributed by atoms with E-state index < -0.39 is 5.63 Å². The minimum atomic E-state index is -0.423. The molecule has 0 spiro atoms. The van der Waals surface area contributed by atoms with E-state index in [2.05, 4.69) is 15.5 Å². The maximum Gasteiger partial charge on any atom is 0.336 e. The minimum Gasteiger partial charge on any atom is -0.508 e. The van der Waals surface area contributed by atoms with Crippen LogP contribution < -0.4 is 5.63 Å². The second kappa shape index (κ2) is 7.72. The third kappa shape index (κ3) is 3.71. The predicted octanol–water partition coefficient (Wildman–Crippen LogP) is 3.85. The van der Waals surface area contributed by atoms with Gasteiger partial charge < -0.3 is 9.52 Å². The summed E-state index contributed by atoms with van der Waals surface area (Å²) >= 11 is 1.53. The van der Waals surface area contributed by atoms with Gasteiger partial charge in [0.05, 0.1) is 6.04 Å². The first-order valence-electron chi connectivity index (χ1n) is 9.35. The van der Waals surface area contributed by atoms with Crippen LogP contribution in [-0.4, -0.2) is 25.3 Å². The summed E-state index contributed by atoms with van der Waals surface area (Å²) in [6, 6.07) is 5.29. The van der Waals surface area contributed by atoms with E-state index in [1.807, 2.05) is 17.7 Å². The molecule has 0 bridgehead atoms. The number of aromatic nitrogens is 4. The zero-order valence-corrected chi connectivity index (χ0v) is 16.0. The summed E-state index contributed by atoms with van der Waals surface area (Å²) in [4.78, 5) is 11.9. The average molecular weight is 386 g/mol. The van der Waals surface area contributed by atoms with Gasteiger partial charge in [-0.3, -0.25) is 0 Å². The number of thioether (sulfide) groups is 1. The molecule has 3 aromatic rings. The second-order valence-corrected chi connectivity index (χ2v) is 7.85.